The Kier molecular flexibility index (Phi) is 7.28. The number of carbonyl (C=O) groups is 3. The molecule has 0 aliphatic carbocycles. The van der Waals surface area contributed by atoms with Crippen LogP contribution >= 0.6 is 0 Å². The third kappa shape index (κ3) is 5.87. The number of nitrogens with zero attached hydrogens (tertiary/aromatic N) is 4. The van der Waals surface area contributed by atoms with Crippen LogP contribution in [0.5, 0.6) is 0 Å². The second kappa shape index (κ2) is 10.7. The number of nitrogens with two attached hydrogens (primary N) is 2. The maximum atomic E-state index is 12.7. The van der Waals surface area contributed by atoms with Gasteiger partial charge >= 0.3 is 6.03 Å². The van der Waals surface area contributed by atoms with E-state index in [9.17, 15) is 14.4 Å². The minimum atomic E-state index is -0.917. The zero-order chi connectivity index (χ0) is 25.7. The number of aliphatic imine (C=N–C) groups is 2. The Morgan fingerprint density at radius 3 is 2.56 bits per heavy atom. The largest absolute Gasteiger partial charge is 0.387 e. The molecular weight excluding hydrogens is 460 g/mol. The number of anilines is 1. The lowest BCUT2D eigenvalue weighted by molar-refractivity contribution is -0.130. The Morgan fingerprint density at radius 2 is 1.81 bits per heavy atom. The maximum absolute atomic E-state index is 12.7. The third-order valence-corrected chi connectivity index (χ3v) is 5.89. The molecule has 186 valence electrons. The second-order valence-corrected chi connectivity index (χ2v) is 8.42. The second-order valence-electron chi connectivity index (χ2n) is 8.42. The van der Waals surface area contributed by atoms with Crippen LogP contribution in [0.4, 0.5) is 16.2 Å². The van der Waals surface area contributed by atoms with Gasteiger partial charge in [0.05, 0.1) is 12.1 Å². The fraction of sp³-hybridized carbons (Fsp3) is 0.240. The van der Waals surface area contributed by atoms with Crippen LogP contribution in [0.25, 0.3) is 5.70 Å². The van der Waals surface area contributed by atoms with Gasteiger partial charge in [-0.2, -0.15) is 4.99 Å². The molecule has 0 spiro atoms. The van der Waals surface area contributed by atoms with Crippen molar-refractivity contribution in [3.05, 3.63) is 66.2 Å². The minimum Gasteiger partial charge on any atom is -0.387 e. The van der Waals surface area contributed by atoms with E-state index in [1.54, 1.807) is 4.90 Å². The lowest BCUT2D eigenvalue weighted by Gasteiger charge is -2.36. The lowest BCUT2D eigenvalue weighted by Crippen LogP contribution is -2.49. The third-order valence-electron chi connectivity index (χ3n) is 5.89. The van der Waals surface area contributed by atoms with E-state index in [2.05, 4.69) is 32.1 Å². The number of urea groups is 1. The molecule has 4 rings (SSSR count). The number of fused-ring (bicyclic) bond motifs is 1. The Bertz CT molecular complexity index is 1260. The summed E-state index contributed by atoms with van der Waals surface area (Å²) in [7, 11) is 0. The number of primary amides is 1. The summed E-state index contributed by atoms with van der Waals surface area (Å²) in [6.45, 7) is 6.61. The molecular formula is C25H28N8O3. The van der Waals surface area contributed by atoms with Crippen molar-refractivity contribution in [2.75, 3.05) is 31.1 Å². The van der Waals surface area contributed by atoms with Gasteiger partial charge in [-0.3, -0.25) is 9.59 Å². The van der Waals surface area contributed by atoms with Gasteiger partial charge in [0.25, 0.3) is 5.91 Å². The van der Waals surface area contributed by atoms with Crippen molar-refractivity contribution in [3.8, 4) is 0 Å². The molecule has 0 saturated carbocycles. The van der Waals surface area contributed by atoms with Crippen molar-refractivity contribution >= 4 is 46.6 Å². The highest BCUT2D eigenvalue weighted by atomic mass is 16.2. The summed E-state index contributed by atoms with van der Waals surface area (Å²) in [5.74, 6) is -0.398. The molecule has 4 amide bonds. The van der Waals surface area contributed by atoms with Gasteiger partial charge in [0, 0.05) is 49.7 Å². The number of amides is 4. The first-order chi connectivity index (χ1) is 17.3. The standard InChI is InChI=1S/C25H28N8O3/c1-16-19-7-2-3-8-20(19)30-23(29-16)24(35)28-15-17-5-4-6-18(13-17)32-9-11-33(12-10-32)22(34)14-21(26)31-25(27)36/h2-8,13H,1,9-12,14-15H2,(H,28,35)(H,29,30)(H4,26,27,31,36). The number of benzene rings is 2. The molecule has 0 aromatic heterocycles. The van der Waals surface area contributed by atoms with Gasteiger partial charge in [0.1, 0.15) is 5.84 Å². The van der Waals surface area contributed by atoms with Crippen LogP contribution in [-0.4, -0.2) is 60.6 Å². The van der Waals surface area contributed by atoms with Crippen molar-refractivity contribution in [1.29, 1.82) is 0 Å². The minimum absolute atomic E-state index is 0.0902. The molecule has 6 N–H and O–H groups in total. The Hall–Kier alpha value is -4.67. The average Bonchev–Trinajstić information content (AvgIpc) is 2.87. The van der Waals surface area contributed by atoms with E-state index in [0.717, 1.165) is 16.8 Å². The molecule has 2 aromatic carbocycles. The summed E-state index contributed by atoms with van der Waals surface area (Å²) in [5.41, 5.74) is 14.7. The van der Waals surface area contributed by atoms with Crippen molar-refractivity contribution in [2.45, 2.75) is 13.0 Å². The van der Waals surface area contributed by atoms with Gasteiger partial charge in [-0.15, -0.1) is 0 Å². The molecule has 1 saturated heterocycles. The number of carbonyl (C=O) groups excluding carboxylic acids is 3. The number of piperazine rings is 1. The topological polar surface area (TPSA) is 159 Å². The fourth-order valence-corrected chi connectivity index (χ4v) is 4.08. The summed E-state index contributed by atoms with van der Waals surface area (Å²) >= 11 is 0. The highest BCUT2D eigenvalue weighted by Crippen LogP contribution is 2.27. The number of nitrogens with one attached hydrogen (secondary N) is 2. The molecule has 2 heterocycles. The molecule has 0 bridgehead atoms. The van der Waals surface area contributed by atoms with Crippen molar-refractivity contribution in [3.63, 3.8) is 0 Å². The molecule has 0 unspecified atom stereocenters. The van der Waals surface area contributed by atoms with E-state index in [-0.39, 0.29) is 29.9 Å². The normalized spacial score (nSPS) is 15.5. The van der Waals surface area contributed by atoms with Gasteiger partial charge < -0.3 is 31.9 Å². The van der Waals surface area contributed by atoms with Crippen LogP contribution in [0.2, 0.25) is 0 Å². The summed E-state index contributed by atoms with van der Waals surface area (Å²) in [6.07, 6.45) is -0.142. The van der Waals surface area contributed by atoms with Crippen LogP contribution in [0.3, 0.4) is 0 Å². The van der Waals surface area contributed by atoms with Crippen LogP contribution < -0.4 is 27.0 Å². The lowest BCUT2D eigenvalue weighted by atomic mass is 10.1. The molecule has 2 aromatic rings. The quantitative estimate of drug-likeness (QED) is 0.352. The Balaban J connectivity index is 1.31. The molecule has 1 fully saturated rings. The van der Waals surface area contributed by atoms with E-state index >= 15 is 0 Å². The molecule has 11 nitrogen and oxygen atoms in total. The zero-order valence-electron chi connectivity index (χ0n) is 19.7. The van der Waals surface area contributed by atoms with E-state index < -0.39 is 6.03 Å². The van der Waals surface area contributed by atoms with Crippen molar-refractivity contribution in [1.82, 2.24) is 15.5 Å². The summed E-state index contributed by atoms with van der Waals surface area (Å²) in [4.78, 5) is 47.6. The van der Waals surface area contributed by atoms with E-state index in [1.165, 1.54) is 0 Å². The van der Waals surface area contributed by atoms with Crippen LogP contribution in [0, 0.1) is 0 Å². The van der Waals surface area contributed by atoms with Crippen molar-refractivity contribution < 1.29 is 14.4 Å². The molecule has 11 heteroatoms. The smallest absolute Gasteiger partial charge is 0.339 e. The zero-order valence-corrected chi connectivity index (χ0v) is 19.7. The maximum Gasteiger partial charge on any atom is 0.339 e. The SMILES string of the molecule is C=C1NC(C(=O)NCc2cccc(N3CCN(C(=O)C/C(N)=N/C(N)=O)CC3)c2)=Nc2ccccc21. The number of hydrogen-bond donors (Lipinski definition) is 4. The predicted octanol–water partition coefficient (Wildman–Crippen LogP) is 1.08. The number of rotatable bonds is 6. The van der Waals surface area contributed by atoms with Gasteiger partial charge in [-0.25, -0.2) is 9.79 Å². The van der Waals surface area contributed by atoms with Crippen LogP contribution in [0.1, 0.15) is 17.5 Å². The summed E-state index contributed by atoms with van der Waals surface area (Å²) in [5, 5.41) is 5.87. The van der Waals surface area contributed by atoms with E-state index in [1.807, 2.05) is 48.5 Å². The number of para-hydroxylation sites is 1. The summed E-state index contributed by atoms with van der Waals surface area (Å²) in [6, 6.07) is 14.5. The highest BCUT2D eigenvalue weighted by molar-refractivity contribution is 6.40. The van der Waals surface area contributed by atoms with Gasteiger partial charge in [-0.05, 0) is 23.8 Å². The number of hydrogen-bond acceptors (Lipinski definition) is 6. The van der Waals surface area contributed by atoms with E-state index in [4.69, 9.17) is 11.5 Å². The Morgan fingerprint density at radius 1 is 1.06 bits per heavy atom. The van der Waals surface area contributed by atoms with Crippen LogP contribution in [0.15, 0.2) is 65.1 Å². The average molecular weight is 489 g/mol. The molecule has 0 atom stereocenters. The van der Waals surface area contributed by atoms with Gasteiger partial charge in [0.15, 0.2) is 5.84 Å². The number of amidine groups is 2. The van der Waals surface area contributed by atoms with Gasteiger partial charge in [0.2, 0.25) is 5.91 Å². The highest BCUT2D eigenvalue weighted by Gasteiger charge is 2.23. The van der Waals surface area contributed by atoms with Crippen molar-refractivity contribution in [2.24, 2.45) is 21.5 Å². The molecule has 36 heavy (non-hydrogen) atoms. The molecule has 0 radical (unpaired) electrons. The molecule has 2 aliphatic heterocycles. The Labute approximate surface area is 208 Å². The molecule has 2 aliphatic rings. The van der Waals surface area contributed by atoms with E-state index in [0.29, 0.717) is 44.1 Å². The van der Waals surface area contributed by atoms with Crippen LogP contribution in [-0.2, 0) is 16.1 Å². The first-order valence-corrected chi connectivity index (χ1v) is 11.5. The monoisotopic (exact) mass is 488 g/mol. The predicted molar refractivity (Wildman–Crippen MR) is 139 cm³/mol. The first kappa shape index (κ1) is 24.5. The summed E-state index contributed by atoms with van der Waals surface area (Å²) < 4.78 is 0. The fourth-order valence-electron chi connectivity index (χ4n) is 4.08. The van der Waals surface area contributed by atoms with Gasteiger partial charge in [-0.1, -0.05) is 36.9 Å². The first-order valence-electron chi connectivity index (χ1n) is 11.5.